The molecule has 0 radical (unpaired) electrons. The number of carboxylic acid groups (broad SMARTS) is 1. The lowest BCUT2D eigenvalue weighted by Gasteiger charge is -2.32. The zero-order valence-corrected chi connectivity index (χ0v) is 16.3. The first-order valence-electron chi connectivity index (χ1n) is 9.48. The minimum absolute atomic E-state index is 0.0475. The van der Waals surface area contributed by atoms with E-state index in [1.54, 1.807) is 7.11 Å². The molecular weight excluding hydrogens is 376 g/mol. The van der Waals surface area contributed by atoms with Crippen molar-refractivity contribution >= 4 is 23.2 Å². The van der Waals surface area contributed by atoms with Crippen molar-refractivity contribution < 1.29 is 28.9 Å². The van der Waals surface area contributed by atoms with E-state index < -0.39 is 18.4 Å². The highest BCUT2D eigenvalue weighted by Gasteiger charge is 2.27. The summed E-state index contributed by atoms with van der Waals surface area (Å²) >= 11 is 0. The molecule has 0 aliphatic carbocycles. The molecule has 8 heteroatoms. The average molecular weight is 402 g/mol. The molecule has 0 bridgehead atoms. The second-order valence-electron chi connectivity index (χ2n) is 7.08. The van der Waals surface area contributed by atoms with Gasteiger partial charge in [0.2, 0.25) is 0 Å². The van der Waals surface area contributed by atoms with E-state index in [0.717, 1.165) is 27.0 Å². The van der Waals surface area contributed by atoms with Gasteiger partial charge in [-0.1, -0.05) is 24.3 Å². The maximum absolute atomic E-state index is 11.1. The number of fused-ring (bicyclic) bond motifs is 1. The molecule has 1 aliphatic rings. The van der Waals surface area contributed by atoms with Crippen LogP contribution in [0.5, 0.6) is 5.75 Å². The van der Waals surface area contributed by atoms with Crippen LogP contribution in [0.3, 0.4) is 0 Å². The van der Waals surface area contributed by atoms with Gasteiger partial charge < -0.3 is 29.8 Å². The number of ether oxygens (including phenoxy) is 3. The molecule has 1 amide bonds. The van der Waals surface area contributed by atoms with E-state index >= 15 is 0 Å². The van der Waals surface area contributed by atoms with E-state index in [2.05, 4.69) is 6.07 Å². The van der Waals surface area contributed by atoms with Crippen LogP contribution in [0.15, 0.2) is 36.4 Å². The molecule has 0 aromatic heterocycles. The number of nitrogens with two attached hydrogens (primary N) is 1. The van der Waals surface area contributed by atoms with Crippen molar-refractivity contribution in [3.63, 3.8) is 0 Å². The molecule has 3 rings (SSSR count). The molecule has 1 atom stereocenters. The van der Waals surface area contributed by atoms with Crippen molar-refractivity contribution in [3.8, 4) is 5.75 Å². The van der Waals surface area contributed by atoms with Crippen LogP contribution in [0.25, 0.3) is 10.8 Å². The Labute approximate surface area is 169 Å². The number of nitrogens with zero attached hydrogens (tertiary/aromatic N) is 1. The molecule has 0 saturated carbocycles. The van der Waals surface area contributed by atoms with Crippen LogP contribution in [0, 0.1) is 0 Å². The van der Waals surface area contributed by atoms with E-state index in [9.17, 15) is 9.59 Å². The number of benzene rings is 2. The van der Waals surface area contributed by atoms with Crippen molar-refractivity contribution in [1.82, 2.24) is 4.90 Å². The summed E-state index contributed by atoms with van der Waals surface area (Å²) in [7, 11) is 1.65. The van der Waals surface area contributed by atoms with E-state index in [1.165, 1.54) is 0 Å². The van der Waals surface area contributed by atoms with Crippen LogP contribution < -0.4 is 10.5 Å². The van der Waals surface area contributed by atoms with Crippen molar-refractivity contribution in [1.29, 1.82) is 0 Å². The Morgan fingerprint density at radius 1 is 1.34 bits per heavy atom. The van der Waals surface area contributed by atoms with E-state index in [0.29, 0.717) is 25.9 Å². The predicted molar refractivity (Wildman–Crippen MR) is 107 cm³/mol. The zero-order chi connectivity index (χ0) is 20.8. The van der Waals surface area contributed by atoms with Gasteiger partial charge in [-0.05, 0) is 28.5 Å². The maximum atomic E-state index is 11.1. The smallest absolute Gasteiger partial charge is 0.407 e. The van der Waals surface area contributed by atoms with Crippen molar-refractivity contribution in [3.05, 3.63) is 42.0 Å². The van der Waals surface area contributed by atoms with Crippen molar-refractivity contribution in [2.24, 2.45) is 5.73 Å². The van der Waals surface area contributed by atoms with Crippen molar-refractivity contribution in [2.45, 2.75) is 24.7 Å². The second kappa shape index (κ2) is 9.69. The lowest BCUT2D eigenvalue weighted by molar-refractivity contribution is -0.191. The fourth-order valence-electron chi connectivity index (χ4n) is 3.55. The van der Waals surface area contributed by atoms with Crippen LogP contribution in [0.4, 0.5) is 4.79 Å². The summed E-state index contributed by atoms with van der Waals surface area (Å²) in [6, 6.07) is 11.6. The summed E-state index contributed by atoms with van der Waals surface area (Å²) in [6.07, 6.45) is -0.783. The van der Waals surface area contributed by atoms with Gasteiger partial charge in [0.05, 0.1) is 26.9 Å². The third-order valence-corrected chi connectivity index (χ3v) is 5.04. The standard InChI is InChI=1S/C21H26N2O6/c1-27-17-5-6-19-14(9-17)3-2-4-18(19)15-12-28-20(29-13-15)10-16(22)11-23(7-8-24)21(25)26/h2-6,8-9,15-16,20H,7,10-13,22H2,1H3,(H,25,26)/t15-,16?,20-. The van der Waals surface area contributed by atoms with Gasteiger partial charge >= 0.3 is 6.09 Å². The lowest BCUT2D eigenvalue weighted by atomic mass is 9.94. The Bertz CT molecular complexity index is 850. The molecule has 29 heavy (non-hydrogen) atoms. The average Bonchev–Trinajstić information content (AvgIpc) is 2.73. The topological polar surface area (TPSA) is 111 Å². The van der Waals surface area contributed by atoms with E-state index in [4.69, 9.17) is 25.1 Å². The van der Waals surface area contributed by atoms with Gasteiger partial charge in [0.1, 0.15) is 12.0 Å². The third-order valence-electron chi connectivity index (χ3n) is 5.04. The molecular formula is C21H26N2O6. The number of amides is 1. The minimum Gasteiger partial charge on any atom is -0.497 e. The van der Waals surface area contributed by atoms with Gasteiger partial charge in [0.25, 0.3) is 0 Å². The van der Waals surface area contributed by atoms with Gasteiger partial charge in [0.15, 0.2) is 6.29 Å². The number of carbonyl (C=O) groups excluding carboxylic acids is 1. The molecule has 2 aromatic carbocycles. The molecule has 1 fully saturated rings. The summed E-state index contributed by atoms with van der Waals surface area (Å²) in [5.74, 6) is 0.898. The second-order valence-corrected chi connectivity index (χ2v) is 7.08. The van der Waals surface area contributed by atoms with Gasteiger partial charge in [-0.2, -0.15) is 0 Å². The first kappa shape index (κ1) is 21.0. The minimum atomic E-state index is -1.18. The highest BCUT2D eigenvalue weighted by atomic mass is 16.7. The number of hydrogen-bond donors (Lipinski definition) is 2. The van der Waals surface area contributed by atoms with Crippen LogP contribution in [-0.4, -0.2) is 68.1 Å². The Morgan fingerprint density at radius 2 is 2.10 bits per heavy atom. The summed E-state index contributed by atoms with van der Waals surface area (Å²) in [6.45, 7) is 0.814. The summed E-state index contributed by atoms with van der Waals surface area (Å²) in [5, 5.41) is 11.3. The number of rotatable bonds is 8. The molecule has 1 unspecified atom stereocenters. The molecule has 0 spiro atoms. The maximum Gasteiger partial charge on any atom is 0.407 e. The highest BCUT2D eigenvalue weighted by Crippen LogP contribution is 2.31. The number of methoxy groups -OCH3 is 1. The Hall–Kier alpha value is -2.68. The Balaban J connectivity index is 1.59. The highest BCUT2D eigenvalue weighted by molar-refractivity contribution is 5.87. The molecule has 1 aliphatic heterocycles. The van der Waals surface area contributed by atoms with E-state index in [-0.39, 0.29) is 19.0 Å². The lowest BCUT2D eigenvalue weighted by Crippen LogP contribution is -2.44. The molecule has 3 N–H and O–H groups in total. The monoisotopic (exact) mass is 402 g/mol. The third kappa shape index (κ3) is 5.23. The van der Waals surface area contributed by atoms with Gasteiger partial charge in [-0.3, -0.25) is 4.90 Å². The van der Waals surface area contributed by atoms with Crippen molar-refractivity contribution in [2.75, 3.05) is 33.4 Å². The fraction of sp³-hybridized carbons (Fsp3) is 0.429. The van der Waals surface area contributed by atoms with Crippen LogP contribution in [0.1, 0.15) is 17.9 Å². The molecule has 8 nitrogen and oxygen atoms in total. The summed E-state index contributed by atoms with van der Waals surface area (Å²) in [4.78, 5) is 22.7. The van der Waals surface area contributed by atoms with Crippen LogP contribution in [-0.2, 0) is 14.3 Å². The Morgan fingerprint density at radius 3 is 2.76 bits per heavy atom. The number of carbonyl (C=O) groups is 2. The first-order valence-corrected chi connectivity index (χ1v) is 9.48. The van der Waals surface area contributed by atoms with Crippen LogP contribution >= 0.6 is 0 Å². The quantitative estimate of drug-likeness (QED) is 0.651. The summed E-state index contributed by atoms with van der Waals surface area (Å²) in [5.41, 5.74) is 7.18. The largest absolute Gasteiger partial charge is 0.497 e. The number of hydrogen-bond acceptors (Lipinski definition) is 6. The first-order chi connectivity index (χ1) is 14.0. The number of aldehydes is 1. The normalized spacial score (nSPS) is 20.2. The van der Waals surface area contributed by atoms with Gasteiger partial charge in [-0.15, -0.1) is 0 Å². The molecule has 2 aromatic rings. The van der Waals surface area contributed by atoms with Gasteiger partial charge in [-0.25, -0.2) is 4.79 Å². The Kier molecular flexibility index (Phi) is 7.03. The fourth-order valence-corrected chi connectivity index (χ4v) is 3.55. The SMILES string of the molecule is COc1ccc2c(cccc2[C@H]2CO[C@H](CC(N)CN(CC=O)C(=O)O)OC2)c1. The summed E-state index contributed by atoms with van der Waals surface area (Å²) < 4.78 is 17.0. The molecule has 1 heterocycles. The van der Waals surface area contributed by atoms with Crippen LogP contribution in [0.2, 0.25) is 0 Å². The molecule has 1 saturated heterocycles. The molecule has 156 valence electrons. The zero-order valence-electron chi connectivity index (χ0n) is 16.3. The predicted octanol–water partition coefficient (Wildman–Crippen LogP) is 2.20. The van der Waals surface area contributed by atoms with E-state index in [1.807, 2.05) is 30.3 Å². The van der Waals surface area contributed by atoms with Gasteiger partial charge in [0, 0.05) is 24.9 Å².